The van der Waals surface area contributed by atoms with Crippen LogP contribution in [0.1, 0.15) is 44.1 Å². The summed E-state index contributed by atoms with van der Waals surface area (Å²) in [6, 6.07) is 2.12. The van der Waals surface area contributed by atoms with Crippen molar-refractivity contribution in [2.45, 2.75) is 51.4 Å². The highest BCUT2D eigenvalue weighted by atomic mass is 16.5. The average Bonchev–Trinajstić information content (AvgIpc) is 3.35. The van der Waals surface area contributed by atoms with Crippen LogP contribution in [0.3, 0.4) is 0 Å². The zero-order valence-corrected chi connectivity index (χ0v) is 15.9. The molecule has 3 fully saturated rings. The van der Waals surface area contributed by atoms with Crippen LogP contribution < -0.4 is 0 Å². The largest absolute Gasteiger partial charge is 0.372 e. The first-order chi connectivity index (χ1) is 12.6. The molecule has 2 aliphatic heterocycles. The van der Waals surface area contributed by atoms with E-state index in [4.69, 9.17) is 9.26 Å². The molecule has 0 radical (unpaired) electrons. The molecule has 3 aliphatic rings. The number of hydrogen-bond acceptors (Lipinski definition) is 6. The summed E-state index contributed by atoms with van der Waals surface area (Å²) < 4.78 is 11.2. The Balaban J connectivity index is 1.21. The van der Waals surface area contributed by atoms with Crippen LogP contribution in [0.15, 0.2) is 10.6 Å². The lowest BCUT2D eigenvalue weighted by Crippen LogP contribution is -2.53. The second-order valence-electron chi connectivity index (χ2n) is 8.10. The monoisotopic (exact) mass is 362 g/mol. The molecule has 1 aliphatic carbocycles. The van der Waals surface area contributed by atoms with Crippen molar-refractivity contribution in [2.75, 3.05) is 45.8 Å². The number of piperazine rings is 1. The molecule has 1 aromatic rings. The zero-order chi connectivity index (χ0) is 18.1. The Kier molecular flexibility index (Phi) is 5.29. The number of carbonyl (C=O) groups excluding carboxylic acids is 1. The number of morpholine rings is 1. The minimum atomic E-state index is 0.127. The van der Waals surface area contributed by atoms with Crippen LogP contribution in [-0.4, -0.2) is 83.8 Å². The summed E-state index contributed by atoms with van der Waals surface area (Å²) in [7, 11) is 0. The fraction of sp³-hybridized carbons (Fsp3) is 0.789. The summed E-state index contributed by atoms with van der Waals surface area (Å²) in [4.78, 5) is 19.2. The van der Waals surface area contributed by atoms with Gasteiger partial charge in [-0.1, -0.05) is 5.16 Å². The fourth-order valence-electron chi connectivity index (χ4n) is 3.97. The highest BCUT2D eigenvalue weighted by molar-refractivity contribution is 5.78. The van der Waals surface area contributed by atoms with E-state index in [0.29, 0.717) is 25.6 Å². The predicted molar refractivity (Wildman–Crippen MR) is 96.8 cm³/mol. The van der Waals surface area contributed by atoms with Gasteiger partial charge in [0.25, 0.3) is 0 Å². The van der Waals surface area contributed by atoms with Gasteiger partial charge in [0.15, 0.2) is 0 Å². The molecule has 1 amide bonds. The maximum atomic E-state index is 12.6. The second-order valence-corrected chi connectivity index (χ2v) is 8.10. The Morgan fingerprint density at radius 2 is 1.77 bits per heavy atom. The summed E-state index contributed by atoms with van der Waals surface area (Å²) >= 11 is 0. The minimum Gasteiger partial charge on any atom is -0.372 e. The molecule has 7 heteroatoms. The molecule has 0 spiro atoms. The lowest BCUT2D eigenvalue weighted by Gasteiger charge is -2.38. The highest BCUT2D eigenvalue weighted by Crippen LogP contribution is 2.40. The molecule has 7 nitrogen and oxygen atoms in total. The van der Waals surface area contributed by atoms with Gasteiger partial charge < -0.3 is 14.2 Å². The molecule has 26 heavy (non-hydrogen) atoms. The van der Waals surface area contributed by atoms with Crippen molar-refractivity contribution in [3.8, 4) is 0 Å². The van der Waals surface area contributed by atoms with Gasteiger partial charge in [0.05, 0.1) is 24.4 Å². The summed E-state index contributed by atoms with van der Waals surface area (Å²) in [6.45, 7) is 10.6. The number of hydrogen-bond donors (Lipinski definition) is 0. The normalized spacial score (nSPS) is 28.5. The van der Waals surface area contributed by atoms with E-state index in [1.54, 1.807) is 0 Å². The Hall–Kier alpha value is -1.44. The minimum absolute atomic E-state index is 0.127. The van der Waals surface area contributed by atoms with Crippen LogP contribution in [0.25, 0.3) is 0 Å². The zero-order valence-electron chi connectivity index (χ0n) is 15.9. The van der Waals surface area contributed by atoms with Gasteiger partial charge in [-0.2, -0.15) is 0 Å². The highest BCUT2D eigenvalue weighted by Gasteiger charge is 2.29. The lowest BCUT2D eigenvalue weighted by atomic mass is 10.2. The first kappa shape index (κ1) is 17.9. The molecule has 144 valence electrons. The van der Waals surface area contributed by atoms with E-state index in [1.165, 1.54) is 12.8 Å². The second kappa shape index (κ2) is 7.66. The summed E-state index contributed by atoms with van der Waals surface area (Å²) in [5.41, 5.74) is 1.03. The van der Waals surface area contributed by atoms with Crippen LogP contribution in [0.4, 0.5) is 0 Å². The van der Waals surface area contributed by atoms with Gasteiger partial charge in [0.1, 0.15) is 5.76 Å². The Bertz CT molecular complexity index is 612. The lowest BCUT2D eigenvalue weighted by molar-refractivity contribution is -0.144. The smallest absolute Gasteiger partial charge is 0.236 e. The van der Waals surface area contributed by atoms with Gasteiger partial charge in [0, 0.05) is 57.8 Å². The van der Waals surface area contributed by atoms with Crippen LogP contribution in [0.5, 0.6) is 0 Å². The van der Waals surface area contributed by atoms with Crippen molar-refractivity contribution in [1.29, 1.82) is 0 Å². The Morgan fingerprint density at radius 3 is 2.42 bits per heavy atom. The van der Waals surface area contributed by atoms with E-state index in [0.717, 1.165) is 44.2 Å². The number of nitrogens with zero attached hydrogens (tertiary/aromatic N) is 4. The van der Waals surface area contributed by atoms with Crippen molar-refractivity contribution in [1.82, 2.24) is 19.9 Å². The van der Waals surface area contributed by atoms with Crippen LogP contribution >= 0.6 is 0 Å². The number of ether oxygens (including phenoxy) is 1. The molecule has 2 unspecified atom stereocenters. The number of carbonyl (C=O) groups is 1. The molecule has 0 N–H and O–H groups in total. The molecule has 1 aromatic heterocycles. The topological polar surface area (TPSA) is 62.1 Å². The van der Waals surface area contributed by atoms with Crippen molar-refractivity contribution in [3.05, 3.63) is 17.5 Å². The maximum Gasteiger partial charge on any atom is 0.236 e. The van der Waals surface area contributed by atoms with Crippen LogP contribution in [0.2, 0.25) is 0 Å². The van der Waals surface area contributed by atoms with Gasteiger partial charge >= 0.3 is 0 Å². The van der Waals surface area contributed by atoms with Gasteiger partial charge in [-0.15, -0.1) is 0 Å². The third kappa shape index (κ3) is 4.45. The molecular weight excluding hydrogens is 332 g/mol. The van der Waals surface area contributed by atoms with E-state index in [1.807, 2.05) is 18.7 Å². The van der Waals surface area contributed by atoms with E-state index in [-0.39, 0.29) is 18.1 Å². The first-order valence-corrected chi connectivity index (χ1v) is 9.90. The molecule has 4 rings (SSSR count). The number of amides is 1. The average molecular weight is 362 g/mol. The van der Waals surface area contributed by atoms with E-state index < -0.39 is 0 Å². The third-order valence-electron chi connectivity index (χ3n) is 5.54. The third-order valence-corrected chi connectivity index (χ3v) is 5.54. The molecule has 2 atom stereocenters. The van der Waals surface area contributed by atoms with Gasteiger partial charge in [-0.05, 0) is 26.7 Å². The summed E-state index contributed by atoms with van der Waals surface area (Å²) in [5.74, 6) is 1.90. The van der Waals surface area contributed by atoms with Gasteiger partial charge in [-0.3, -0.25) is 14.6 Å². The van der Waals surface area contributed by atoms with Gasteiger partial charge in [0.2, 0.25) is 5.91 Å². The molecule has 1 saturated carbocycles. The molecule has 2 saturated heterocycles. The van der Waals surface area contributed by atoms with Crippen molar-refractivity contribution in [2.24, 2.45) is 0 Å². The van der Waals surface area contributed by atoms with Crippen LogP contribution in [-0.2, 0) is 16.1 Å². The molecular formula is C19H30N4O3. The quantitative estimate of drug-likeness (QED) is 0.787. The SMILES string of the molecule is CC1CN(C(=O)CN2CCN(Cc3cc(C4CC4)on3)CC2)CC(C)O1. The van der Waals surface area contributed by atoms with Crippen molar-refractivity contribution >= 4 is 5.91 Å². The summed E-state index contributed by atoms with van der Waals surface area (Å²) in [6.07, 6.45) is 2.73. The molecule has 0 aromatic carbocycles. The maximum absolute atomic E-state index is 12.6. The van der Waals surface area contributed by atoms with E-state index in [9.17, 15) is 4.79 Å². The van der Waals surface area contributed by atoms with E-state index >= 15 is 0 Å². The fourth-order valence-corrected chi connectivity index (χ4v) is 3.97. The van der Waals surface area contributed by atoms with Crippen molar-refractivity contribution < 1.29 is 14.1 Å². The standard InChI is InChI=1S/C19H30N4O3/c1-14-10-23(11-15(2)25-14)19(24)13-22-7-5-21(6-8-22)12-17-9-18(26-20-17)16-3-4-16/h9,14-16H,3-8,10-13H2,1-2H3. The van der Waals surface area contributed by atoms with E-state index in [2.05, 4.69) is 21.0 Å². The van der Waals surface area contributed by atoms with Crippen LogP contribution in [0, 0.1) is 0 Å². The molecule has 3 heterocycles. The van der Waals surface area contributed by atoms with Crippen molar-refractivity contribution in [3.63, 3.8) is 0 Å². The van der Waals surface area contributed by atoms with Gasteiger partial charge in [-0.25, -0.2) is 0 Å². The summed E-state index contributed by atoms with van der Waals surface area (Å²) in [5, 5.41) is 4.21. The number of aromatic nitrogens is 1. The number of rotatable bonds is 5. The first-order valence-electron chi connectivity index (χ1n) is 9.90. The Morgan fingerprint density at radius 1 is 1.12 bits per heavy atom. The predicted octanol–water partition coefficient (Wildman–Crippen LogP) is 1.31. The molecule has 0 bridgehead atoms. The Labute approximate surface area is 155 Å².